The van der Waals surface area contributed by atoms with Crippen LogP contribution in [-0.4, -0.2) is 23.3 Å². The summed E-state index contributed by atoms with van der Waals surface area (Å²) in [6.45, 7) is 0.324. The maximum absolute atomic E-state index is 9.39. The second kappa shape index (κ2) is 3.07. The fourth-order valence-corrected chi connectivity index (χ4v) is 3.29. The van der Waals surface area contributed by atoms with Crippen LogP contribution in [0.25, 0.3) is 0 Å². The molecule has 3 rings (SSSR count). The molecule has 0 radical (unpaired) electrons. The zero-order valence-corrected chi connectivity index (χ0v) is 8.58. The summed E-state index contributed by atoms with van der Waals surface area (Å²) in [6, 6.07) is 0.650. The number of nitrogens with one attached hydrogen (secondary N) is 1. The molecule has 3 aliphatic carbocycles. The zero-order valence-electron chi connectivity index (χ0n) is 8.58. The second-order valence-electron chi connectivity index (χ2n) is 5.32. The maximum Gasteiger partial charge on any atom is 0.0613 e. The molecule has 2 heteroatoms. The van der Waals surface area contributed by atoms with Crippen molar-refractivity contribution in [1.29, 1.82) is 0 Å². The SMILES string of the molecule is OCC1(NC2C[C@@H]3C=C[C@H]2C3)CCC1. The fourth-order valence-electron chi connectivity index (χ4n) is 3.29. The maximum atomic E-state index is 9.39. The van der Waals surface area contributed by atoms with E-state index in [1.165, 1.54) is 32.1 Å². The summed E-state index contributed by atoms with van der Waals surface area (Å²) in [6.07, 6.45) is 11.0. The average molecular weight is 193 g/mol. The lowest BCUT2D eigenvalue weighted by molar-refractivity contribution is 0.0728. The van der Waals surface area contributed by atoms with Gasteiger partial charge in [-0.1, -0.05) is 12.2 Å². The molecule has 2 fully saturated rings. The third-order valence-corrected chi connectivity index (χ3v) is 4.38. The standard InChI is InChI=1S/C12H19NO/c14-8-12(4-1-5-12)13-11-7-9-2-3-10(11)6-9/h2-3,9-11,13-14H,1,4-8H2/t9-,10+,11?/m1/s1. The van der Waals surface area contributed by atoms with Gasteiger partial charge in [-0.2, -0.15) is 0 Å². The van der Waals surface area contributed by atoms with E-state index in [1.54, 1.807) is 0 Å². The highest BCUT2D eigenvalue weighted by molar-refractivity contribution is 5.14. The van der Waals surface area contributed by atoms with Crippen molar-refractivity contribution in [2.45, 2.75) is 43.7 Å². The molecule has 0 spiro atoms. The van der Waals surface area contributed by atoms with Gasteiger partial charge in [-0.3, -0.25) is 0 Å². The summed E-state index contributed by atoms with van der Waals surface area (Å²) >= 11 is 0. The monoisotopic (exact) mass is 193 g/mol. The van der Waals surface area contributed by atoms with Crippen molar-refractivity contribution in [3.63, 3.8) is 0 Å². The number of allylic oxidation sites excluding steroid dienone is 1. The fraction of sp³-hybridized carbons (Fsp3) is 0.833. The minimum Gasteiger partial charge on any atom is -0.394 e. The van der Waals surface area contributed by atoms with E-state index in [1.807, 2.05) is 0 Å². The van der Waals surface area contributed by atoms with Crippen molar-refractivity contribution in [3.05, 3.63) is 12.2 Å². The minimum atomic E-state index is 0.100. The second-order valence-corrected chi connectivity index (χ2v) is 5.32. The molecule has 2 N–H and O–H groups in total. The Kier molecular flexibility index (Phi) is 1.96. The topological polar surface area (TPSA) is 32.3 Å². The van der Waals surface area contributed by atoms with Crippen molar-refractivity contribution in [3.8, 4) is 0 Å². The summed E-state index contributed by atoms with van der Waals surface area (Å²) in [4.78, 5) is 0. The molecule has 2 nitrogen and oxygen atoms in total. The van der Waals surface area contributed by atoms with Crippen LogP contribution in [0.15, 0.2) is 12.2 Å². The van der Waals surface area contributed by atoms with Gasteiger partial charge in [-0.05, 0) is 43.9 Å². The predicted molar refractivity (Wildman–Crippen MR) is 55.9 cm³/mol. The number of aliphatic hydroxyl groups excluding tert-OH is 1. The molecule has 0 heterocycles. The Morgan fingerprint density at radius 3 is 2.57 bits per heavy atom. The molecule has 0 amide bonds. The molecule has 0 aliphatic heterocycles. The molecule has 0 aromatic heterocycles. The van der Waals surface area contributed by atoms with E-state index in [-0.39, 0.29) is 5.54 Å². The van der Waals surface area contributed by atoms with Gasteiger partial charge in [0.2, 0.25) is 0 Å². The molecular weight excluding hydrogens is 174 g/mol. The first-order chi connectivity index (χ1) is 6.81. The highest BCUT2D eigenvalue weighted by atomic mass is 16.3. The first kappa shape index (κ1) is 8.93. The van der Waals surface area contributed by atoms with E-state index in [9.17, 15) is 5.11 Å². The van der Waals surface area contributed by atoms with Gasteiger partial charge < -0.3 is 10.4 Å². The van der Waals surface area contributed by atoms with Crippen LogP contribution in [0.1, 0.15) is 32.1 Å². The van der Waals surface area contributed by atoms with Crippen LogP contribution in [0.5, 0.6) is 0 Å². The minimum absolute atomic E-state index is 0.100. The lowest BCUT2D eigenvalue weighted by Crippen LogP contribution is -2.58. The molecule has 78 valence electrons. The molecule has 0 aromatic carbocycles. The first-order valence-electron chi connectivity index (χ1n) is 5.88. The molecule has 1 unspecified atom stereocenters. The predicted octanol–water partition coefficient (Wildman–Crippen LogP) is 1.46. The van der Waals surface area contributed by atoms with Gasteiger partial charge in [0.25, 0.3) is 0 Å². The average Bonchev–Trinajstić information content (AvgIpc) is 2.72. The lowest BCUT2D eigenvalue weighted by Gasteiger charge is -2.44. The molecule has 2 saturated carbocycles. The number of rotatable bonds is 3. The van der Waals surface area contributed by atoms with Crippen molar-refractivity contribution < 1.29 is 5.11 Å². The van der Waals surface area contributed by atoms with Crippen LogP contribution in [-0.2, 0) is 0 Å². The van der Waals surface area contributed by atoms with E-state index in [0.29, 0.717) is 12.6 Å². The Morgan fingerprint density at radius 1 is 1.29 bits per heavy atom. The largest absolute Gasteiger partial charge is 0.394 e. The van der Waals surface area contributed by atoms with Crippen molar-refractivity contribution in [1.82, 2.24) is 5.32 Å². The Balaban J connectivity index is 1.65. The molecule has 3 atom stereocenters. The van der Waals surface area contributed by atoms with Crippen LogP contribution in [0.3, 0.4) is 0 Å². The van der Waals surface area contributed by atoms with Crippen LogP contribution < -0.4 is 5.32 Å². The molecule has 2 bridgehead atoms. The van der Waals surface area contributed by atoms with Gasteiger partial charge in [0.05, 0.1) is 6.61 Å². The van der Waals surface area contributed by atoms with E-state index >= 15 is 0 Å². The highest BCUT2D eigenvalue weighted by Gasteiger charge is 2.43. The van der Waals surface area contributed by atoms with E-state index in [4.69, 9.17) is 0 Å². The third-order valence-electron chi connectivity index (χ3n) is 4.38. The lowest BCUT2D eigenvalue weighted by atomic mass is 9.76. The Bertz CT molecular complexity index is 252. The van der Waals surface area contributed by atoms with Crippen LogP contribution in [0, 0.1) is 11.8 Å². The van der Waals surface area contributed by atoms with Crippen LogP contribution in [0.4, 0.5) is 0 Å². The van der Waals surface area contributed by atoms with Gasteiger partial charge in [-0.25, -0.2) is 0 Å². The Labute approximate surface area is 85.4 Å². The number of hydrogen-bond donors (Lipinski definition) is 2. The van der Waals surface area contributed by atoms with Crippen molar-refractivity contribution in [2.24, 2.45) is 11.8 Å². The Morgan fingerprint density at radius 2 is 2.14 bits per heavy atom. The van der Waals surface area contributed by atoms with E-state index < -0.39 is 0 Å². The highest BCUT2D eigenvalue weighted by Crippen LogP contribution is 2.42. The van der Waals surface area contributed by atoms with Gasteiger partial charge in [-0.15, -0.1) is 0 Å². The van der Waals surface area contributed by atoms with Gasteiger partial charge >= 0.3 is 0 Å². The molecule has 14 heavy (non-hydrogen) atoms. The van der Waals surface area contributed by atoms with Gasteiger partial charge in [0.1, 0.15) is 0 Å². The third kappa shape index (κ3) is 1.24. The summed E-state index contributed by atoms with van der Waals surface area (Å²) in [5.74, 6) is 1.58. The van der Waals surface area contributed by atoms with Gasteiger partial charge in [0.15, 0.2) is 0 Å². The molecule has 0 aromatic rings. The van der Waals surface area contributed by atoms with Crippen molar-refractivity contribution >= 4 is 0 Å². The Hall–Kier alpha value is -0.340. The molecular formula is C12H19NO. The van der Waals surface area contributed by atoms with E-state index in [0.717, 1.165) is 11.8 Å². The summed E-state index contributed by atoms with van der Waals surface area (Å²) in [5.41, 5.74) is 0.100. The van der Waals surface area contributed by atoms with Crippen molar-refractivity contribution in [2.75, 3.05) is 6.61 Å². The number of fused-ring (bicyclic) bond motifs is 2. The normalized spacial score (nSPS) is 42.8. The number of aliphatic hydroxyl groups is 1. The zero-order chi connectivity index (χ0) is 9.60. The first-order valence-corrected chi connectivity index (χ1v) is 5.88. The van der Waals surface area contributed by atoms with Crippen LogP contribution >= 0.6 is 0 Å². The number of hydrogen-bond acceptors (Lipinski definition) is 2. The quantitative estimate of drug-likeness (QED) is 0.665. The van der Waals surface area contributed by atoms with E-state index in [2.05, 4.69) is 17.5 Å². The summed E-state index contributed by atoms with van der Waals surface area (Å²) in [7, 11) is 0. The van der Waals surface area contributed by atoms with Crippen LogP contribution in [0.2, 0.25) is 0 Å². The summed E-state index contributed by atoms with van der Waals surface area (Å²) < 4.78 is 0. The smallest absolute Gasteiger partial charge is 0.0613 e. The van der Waals surface area contributed by atoms with Gasteiger partial charge in [0, 0.05) is 11.6 Å². The molecule has 3 aliphatic rings. The molecule has 0 saturated heterocycles. The summed E-state index contributed by atoms with van der Waals surface area (Å²) in [5, 5.41) is 13.1.